The van der Waals surface area contributed by atoms with Gasteiger partial charge in [-0.3, -0.25) is 0 Å². The van der Waals surface area contributed by atoms with Gasteiger partial charge in [0.05, 0.1) is 11.5 Å². The molecular formula is C12H10F3N. The molecule has 16 heavy (non-hydrogen) atoms. The molecule has 0 N–H and O–H groups in total. The van der Waals surface area contributed by atoms with E-state index in [0.717, 1.165) is 0 Å². The maximum absolute atomic E-state index is 13.5. The summed E-state index contributed by atoms with van der Waals surface area (Å²) in [7, 11) is 0. The van der Waals surface area contributed by atoms with Crippen molar-refractivity contribution in [2.24, 2.45) is 0 Å². The van der Waals surface area contributed by atoms with Gasteiger partial charge in [-0.05, 0) is 13.3 Å². The summed E-state index contributed by atoms with van der Waals surface area (Å²) in [5, 5.41) is 8.96. The van der Waals surface area contributed by atoms with Gasteiger partial charge in [0.25, 0.3) is 0 Å². The summed E-state index contributed by atoms with van der Waals surface area (Å²) < 4.78 is 39.6. The van der Waals surface area contributed by atoms with Gasteiger partial charge in [-0.25, -0.2) is 13.2 Å². The molecular weight excluding hydrogens is 215 g/mol. The van der Waals surface area contributed by atoms with E-state index in [2.05, 4.69) is 6.58 Å². The lowest BCUT2D eigenvalue weighted by Gasteiger charge is -2.21. The Morgan fingerprint density at radius 2 is 1.88 bits per heavy atom. The second-order valence-electron chi connectivity index (χ2n) is 3.68. The second kappa shape index (κ2) is 4.40. The van der Waals surface area contributed by atoms with Crippen molar-refractivity contribution in [3.05, 3.63) is 47.8 Å². The van der Waals surface area contributed by atoms with E-state index in [0.29, 0.717) is 12.1 Å². The largest absolute Gasteiger partial charge is 0.207 e. The molecule has 0 aliphatic rings. The van der Waals surface area contributed by atoms with Crippen LogP contribution in [0.15, 0.2) is 24.8 Å². The van der Waals surface area contributed by atoms with E-state index >= 15 is 0 Å². The molecule has 1 unspecified atom stereocenters. The van der Waals surface area contributed by atoms with Gasteiger partial charge in [-0.1, -0.05) is 6.08 Å². The number of rotatable bonds is 3. The van der Waals surface area contributed by atoms with E-state index in [-0.39, 0.29) is 6.42 Å². The number of hydrogen-bond acceptors (Lipinski definition) is 1. The van der Waals surface area contributed by atoms with Crippen LogP contribution in [0.3, 0.4) is 0 Å². The molecule has 0 aliphatic heterocycles. The molecule has 1 atom stereocenters. The summed E-state index contributed by atoms with van der Waals surface area (Å²) in [5.41, 5.74) is -1.79. The first-order valence-electron chi connectivity index (χ1n) is 4.62. The van der Waals surface area contributed by atoms with E-state index in [4.69, 9.17) is 5.26 Å². The highest BCUT2D eigenvalue weighted by atomic mass is 19.1. The highest BCUT2D eigenvalue weighted by Crippen LogP contribution is 2.32. The van der Waals surface area contributed by atoms with Crippen molar-refractivity contribution in [1.29, 1.82) is 5.26 Å². The van der Waals surface area contributed by atoms with E-state index in [1.165, 1.54) is 13.0 Å². The van der Waals surface area contributed by atoms with Gasteiger partial charge in [0, 0.05) is 17.7 Å². The number of nitriles is 1. The standard InChI is InChI=1S/C12H10F3N/c1-3-4-12(2,7-16)11-9(14)5-8(13)6-10(11)15/h3,5-6H,1,4H2,2H3. The fourth-order valence-corrected chi connectivity index (χ4v) is 1.56. The normalized spacial score (nSPS) is 13.9. The number of hydrogen-bond donors (Lipinski definition) is 0. The van der Waals surface area contributed by atoms with Crippen LogP contribution in [0.5, 0.6) is 0 Å². The molecule has 0 aliphatic carbocycles. The number of nitrogens with zero attached hydrogens (tertiary/aromatic N) is 1. The van der Waals surface area contributed by atoms with Gasteiger partial charge in [0.2, 0.25) is 0 Å². The molecule has 4 heteroatoms. The zero-order valence-electron chi connectivity index (χ0n) is 8.73. The quantitative estimate of drug-likeness (QED) is 0.722. The molecule has 0 saturated carbocycles. The number of halogens is 3. The molecule has 1 aromatic carbocycles. The van der Waals surface area contributed by atoms with Crippen LogP contribution in [0.4, 0.5) is 13.2 Å². The zero-order chi connectivity index (χ0) is 12.3. The van der Waals surface area contributed by atoms with Crippen LogP contribution in [0.1, 0.15) is 18.9 Å². The smallest absolute Gasteiger partial charge is 0.133 e. The van der Waals surface area contributed by atoms with Crippen molar-refractivity contribution >= 4 is 0 Å². The molecule has 1 rings (SSSR count). The van der Waals surface area contributed by atoms with Crippen LogP contribution in [-0.2, 0) is 5.41 Å². The molecule has 0 spiro atoms. The second-order valence-corrected chi connectivity index (χ2v) is 3.68. The fraction of sp³-hybridized carbons (Fsp3) is 0.250. The van der Waals surface area contributed by atoms with Crippen molar-refractivity contribution in [1.82, 2.24) is 0 Å². The third kappa shape index (κ3) is 2.08. The molecule has 0 bridgehead atoms. The summed E-state index contributed by atoms with van der Waals surface area (Å²) in [6, 6.07) is 2.96. The molecule has 0 radical (unpaired) electrons. The number of benzene rings is 1. The first-order valence-corrected chi connectivity index (χ1v) is 4.62. The Bertz CT molecular complexity index is 439. The Balaban J connectivity index is 3.43. The van der Waals surface area contributed by atoms with Crippen molar-refractivity contribution in [2.45, 2.75) is 18.8 Å². The van der Waals surface area contributed by atoms with Gasteiger partial charge in [0.1, 0.15) is 17.5 Å². The highest BCUT2D eigenvalue weighted by molar-refractivity contribution is 5.35. The predicted molar refractivity (Wildman–Crippen MR) is 54.1 cm³/mol. The molecule has 0 fully saturated rings. The van der Waals surface area contributed by atoms with Crippen LogP contribution in [0, 0.1) is 28.8 Å². The minimum atomic E-state index is -1.37. The summed E-state index contributed by atoms with van der Waals surface area (Å²) in [6.07, 6.45) is 1.48. The monoisotopic (exact) mass is 225 g/mol. The average Bonchev–Trinajstić information content (AvgIpc) is 2.16. The predicted octanol–water partition coefficient (Wildman–Crippen LogP) is 3.46. The van der Waals surface area contributed by atoms with Gasteiger partial charge >= 0.3 is 0 Å². The van der Waals surface area contributed by atoms with Crippen molar-refractivity contribution in [3.8, 4) is 6.07 Å². The average molecular weight is 225 g/mol. The molecule has 0 saturated heterocycles. The molecule has 0 heterocycles. The minimum Gasteiger partial charge on any atom is -0.207 e. The van der Waals surface area contributed by atoms with E-state index < -0.39 is 28.4 Å². The zero-order valence-corrected chi connectivity index (χ0v) is 8.73. The van der Waals surface area contributed by atoms with Crippen molar-refractivity contribution in [2.75, 3.05) is 0 Å². The lowest BCUT2D eigenvalue weighted by Crippen LogP contribution is -2.22. The molecule has 0 amide bonds. The summed E-state index contributed by atoms with van der Waals surface area (Å²) in [6.45, 7) is 4.81. The summed E-state index contributed by atoms with van der Waals surface area (Å²) >= 11 is 0. The lowest BCUT2D eigenvalue weighted by atomic mass is 9.80. The van der Waals surface area contributed by atoms with Gasteiger partial charge in [-0.15, -0.1) is 6.58 Å². The molecule has 0 aromatic heterocycles. The van der Waals surface area contributed by atoms with Crippen molar-refractivity contribution < 1.29 is 13.2 Å². The van der Waals surface area contributed by atoms with Crippen LogP contribution in [-0.4, -0.2) is 0 Å². The third-order valence-corrected chi connectivity index (χ3v) is 2.36. The topological polar surface area (TPSA) is 23.8 Å². The fourth-order valence-electron chi connectivity index (χ4n) is 1.56. The van der Waals surface area contributed by atoms with E-state index in [1.807, 2.05) is 6.07 Å². The summed E-state index contributed by atoms with van der Waals surface area (Å²) in [4.78, 5) is 0. The molecule has 84 valence electrons. The van der Waals surface area contributed by atoms with Gasteiger partial charge in [-0.2, -0.15) is 5.26 Å². The van der Waals surface area contributed by atoms with Crippen LogP contribution in [0.2, 0.25) is 0 Å². The van der Waals surface area contributed by atoms with Gasteiger partial charge in [0.15, 0.2) is 0 Å². The van der Waals surface area contributed by atoms with Crippen LogP contribution in [0.25, 0.3) is 0 Å². The maximum atomic E-state index is 13.5. The maximum Gasteiger partial charge on any atom is 0.133 e. The van der Waals surface area contributed by atoms with E-state index in [1.54, 1.807) is 0 Å². The number of allylic oxidation sites excluding steroid dienone is 1. The molecule has 1 nitrogen and oxygen atoms in total. The van der Waals surface area contributed by atoms with Gasteiger partial charge < -0.3 is 0 Å². The minimum absolute atomic E-state index is 0.0863. The Kier molecular flexibility index (Phi) is 3.38. The van der Waals surface area contributed by atoms with E-state index in [9.17, 15) is 13.2 Å². The van der Waals surface area contributed by atoms with Crippen LogP contribution >= 0.6 is 0 Å². The van der Waals surface area contributed by atoms with Crippen molar-refractivity contribution in [3.63, 3.8) is 0 Å². The first-order chi connectivity index (χ1) is 7.44. The Morgan fingerprint density at radius 1 is 1.38 bits per heavy atom. The molecule has 1 aromatic rings. The highest BCUT2D eigenvalue weighted by Gasteiger charge is 2.32. The Labute approximate surface area is 91.8 Å². The Hall–Kier alpha value is -1.76. The first kappa shape index (κ1) is 12.3. The third-order valence-electron chi connectivity index (χ3n) is 2.36. The van der Waals surface area contributed by atoms with Crippen LogP contribution < -0.4 is 0 Å². The summed E-state index contributed by atoms with van der Waals surface area (Å²) in [5.74, 6) is -3.11. The SMILES string of the molecule is C=CCC(C)(C#N)c1c(F)cc(F)cc1F. The Morgan fingerprint density at radius 3 is 2.25 bits per heavy atom. The lowest BCUT2D eigenvalue weighted by molar-refractivity contribution is 0.475.